The van der Waals surface area contributed by atoms with Crippen molar-refractivity contribution in [1.29, 1.82) is 0 Å². The maximum Gasteiger partial charge on any atom is 0.124 e. The summed E-state index contributed by atoms with van der Waals surface area (Å²) < 4.78 is 5.36. The Bertz CT molecular complexity index is 447. The molecule has 0 radical (unpaired) electrons. The van der Waals surface area contributed by atoms with Crippen molar-refractivity contribution in [2.24, 2.45) is 5.92 Å². The van der Waals surface area contributed by atoms with Gasteiger partial charge in [-0.05, 0) is 37.8 Å². The first-order chi connectivity index (χ1) is 10.1. The third kappa shape index (κ3) is 4.45. The lowest BCUT2D eigenvalue weighted by Gasteiger charge is -2.30. The number of aryl methyl sites for hydroxylation is 1. The molecule has 0 heterocycles. The van der Waals surface area contributed by atoms with E-state index >= 15 is 0 Å². The van der Waals surface area contributed by atoms with Gasteiger partial charge in [-0.2, -0.15) is 0 Å². The van der Waals surface area contributed by atoms with Crippen molar-refractivity contribution in [3.8, 4) is 5.75 Å². The molecule has 3 atom stereocenters. The fraction of sp³-hybridized carbons (Fsp3) is 0.667. The standard InChI is InChI=1S/C18H29NO2/c1-4-14-6-5-7-15(11-14)19-12-17(20)16-10-13(2)8-9-18(16)21-3/h8-10,14-15,17,19-20H,4-7,11-12H2,1-3H3. The molecule has 118 valence electrons. The minimum atomic E-state index is -0.512. The highest BCUT2D eigenvalue weighted by Gasteiger charge is 2.22. The third-order valence-electron chi connectivity index (χ3n) is 4.70. The maximum absolute atomic E-state index is 10.5. The molecule has 1 aliphatic carbocycles. The number of rotatable bonds is 6. The first-order valence-electron chi connectivity index (χ1n) is 8.20. The van der Waals surface area contributed by atoms with Crippen LogP contribution in [0, 0.1) is 12.8 Å². The number of aliphatic hydroxyl groups excluding tert-OH is 1. The van der Waals surface area contributed by atoms with Crippen LogP contribution in [0.1, 0.15) is 56.3 Å². The van der Waals surface area contributed by atoms with Crippen molar-refractivity contribution in [1.82, 2.24) is 5.32 Å². The van der Waals surface area contributed by atoms with Crippen LogP contribution >= 0.6 is 0 Å². The Labute approximate surface area is 128 Å². The molecule has 21 heavy (non-hydrogen) atoms. The molecule has 2 rings (SSSR count). The molecule has 3 unspecified atom stereocenters. The molecule has 0 spiro atoms. The molecular weight excluding hydrogens is 262 g/mol. The molecule has 3 heteroatoms. The predicted octanol–water partition coefficient (Wildman–Crippen LogP) is 3.60. The molecule has 0 aromatic heterocycles. The molecule has 0 aliphatic heterocycles. The lowest BCUT2D eigenvalue weighted by Crippen LogP contribution is -2.36. The van der Waals surface area contributed by atoms with Crippen molar-refractivity contribution in [3.63, 3.8) is 0 Å². The van der Waals surface area contributed by atoms with Crippen LogP contribution < -0.4 is 10.1 Å². The topological polar surface area (TPSA) is 41.5 Å². The second-order valence-electron chi connectivity index (χ2n) is 6.31. The summed E-state index contributed by atoms with van der Waals surface area (Å²) in [4.78, 5) is 0. The summed E-state index contributed by atoms with van der Waals surface area (Å²) >= 11 is 0. The van der Waals surface area contributed by atoms with Gasteiger partial charge in [0.15, 0.2) is 0 Å². The molecule has 0 amide bonds. The van der Waals surface area contributed by atoms with E-state index in [1.165, 1.54) is 32.1 Å². The first-order valence-corrected chi connectivity index (χ1v) is 8.20. The number of methoxy groups -OCH3 is 1. The Hall–Kier alpha value is -1.06. The normalized spacial score (nSPS) is 23.8. The average Bonchev–Trinajstić information content (AvgIpc) is 2.52. The highest BCUT2D eigenvalue weighted by atomic mass is 16.5. The zero-order valence-electron chi connectivity index (χ0n) is 13.6. The Kier molecular flexibility index (Phi) is 6.07. The summed E-state index contributed by atoms with van der Waals surface area (Å²) in [5.41, 5.74) is 2.03. The van der Waals surface area contributed by atoms with Crippen molar-refractivity contribution in [2.75, 3.05) is 13.7 Å². The summed E-state index contributed by atoms with van der Waals surface area (Å²) in [5.74, 6) is 1.62. The van der Waals surface area contributed by atoms with Gasteiger partial charge in [-0.1, -0.05) is 37.8 Å². The molecule has 1 saturated carbocycles. The van der Waals surface area contributed by atoms with Gasteiger partial charge in [0.25, 0.3) is 0 Å². The van der Waals surface area contributed by atoms with Gasteiger partial charge in [0.1, 0.15) is 5.75 Å². The van der Waals surface area contributed by atoms with Crippen molar-refractivity contribution in [2.45, 2.75) is 58.1 Å². The number of hydrogen-bond acceptors (Lipinski definition) is 3. The smallest absolute Gasteiger partial charge is 0.124 e. The van der Waals surface area contributed by atoms with Crippen molar-refractivity contribution < 1.29 is 9.84 Å². The monoisotopic (exact) mass is 291 g/mol. The number of nitrogens with one attached hydrogen (secondary N) is 1. The Morgan fingerprint density at radius 2 is 2.19 bits per heavy atom. The van der Waals surface area contributed by atoms with E-state index in [0.29, 0.717) is 12.6 Å². The van der Waals surface area contributed by atoms with Gasteiger partial charge in [0.2, 0.25) is 0 Å². The fourth-order valence-electron chi connectivity index (χ4n) is 3.35. The fourth-order valence-corrected chi connectivity index (χ4v) is 3.35. The molecule has 1 aromatic carbocycles. The summed E-state index contributed by atoms with van der Waals surface area (Å²) in [5, 5.41) is 14.0. The van der Waals surface area contributed by atoms with E-state index in [-0.39, 0.29) is 0 Å². The Balaban J connectivity index is 1.92. The lowest BCUT2D eigenvalue weighted by molar-refractivity contribution is 0.157. The zero-order chi connectivity index (χ0) is 15.2. The van der Waals surface area contributed by atoms with Crippen LogP contribution in [0.3, 0.4) is 0 Å². The van der Waals surface area contributed by atoms with Crippen molar-refractivity contribution in [3.05, 3.63) is 29.3 Å². The van der Waals surface area contributed by atoms with Gasteiger partial charge in [-0.15, -0.1) is 0 Å². The summed E-state index contributed by atoms with van der Waals surface area (Å²) in [6, 6.07) is 6.51. The summed E-state index contributed by atoms with van der Waals surface area (Å²) in [7, 11) is 1.65. The summed E-state index contributed by atoms with van der Waals surface area (Å²) in [6.07, 6.45) is 5.90. The Morgan fingerprint density at radius 1 is 1.38 bits per heavy atom. The molecule has 1 fully saturated rings. The van der Waals surface area contributed by atoms with Crippen LogP contribution in [0.25, 0.3) is 0 Å². The largest absolute Gasteiger partial charge is 0.496 e. The van der Waals surface area contributed by atoms with Gasteiger partial charge in [-0.25, -0.2) is 0 Å². The minimum Gasteiger partial charge on any atom is -0.496 e. The van der Waals surface area contributed by atoms with Crippen LogP contribution in [0.5, 0.6) is 5.75 Å². The van der Waals surface area contributed by atoms with E-state index in [4.69, 9.17) is 4.74 Å². The number of benzene rings is 1. The molecule has 3 nitrogen and oxygen atoms in total. The maximum atomic E-state index is 10.5. The quantitative estimate of drug-likeness (QED) is 0.841. The average molecular weight is 291 g/mol. The van der Waals surface area contributed by atoms with Gasteiger partial charge in [0, 0.05) is 18.2 Å². The van der Waals surface area contributed by atoms with Gasteiger partial charge >= 0.3 is 0 Å². The highest BCUT2D eigenvalue weighted by Crippen LogP contribution is 2.28. The molecule has 0 bridgehead atoms. The molecule has 1 aliphatic rings. The van der Waals surface area contributed by atoms with Crippen LogP contribution in [0.4, 0.5) is 0 Å². The van der Waals surface area contributed by atoms with Crippen LogP contribution in [-0.4, -0.2) is 24.8 Å². The number of hydrogen-bond donors (Lipinski definition) is 2. The van der Waals surface area contributed by atoms with E-state index in [1.54, 1.807) is 7.11 Å². The second kappa shape index (κ2) is 7.81. The van der Waals surface area contributed by atoms with Crippen LogP contribution in [0.2, 0.25) is 0 Å². The lowest BCUT2D eigenvalue weighted by atomic mass is 9.84. The van der Waals surface area contributed by atoms with Gasteiger partial charge in [-0.3, -0.25) is 0 Å². The van der Waals surface area contributed by atoms with E-state index in [0.717, 1.165) is 22.8 Å². The minimum absolute atomic E-state index is 0.512. The molecule has 2 N–H and O–H groups in total. The number of ether oxygens (including phenoxy) is 1. The van der Waals surface area contributed by atoms with E-state index in [2.05, 4.69) is 12.2 Å². The second-order valence-corrected chi connectivity index (χ2v) is 6.31. The highest BCUT2D eigenvalue weighted by molar-refractivity contribution is 5.38. The van der Waals surface area contributed by atoms with E-state index < -0.39 is 6.10 Å². The molecule has 0 saturated heterocycles. The van der Waals surface area contributed by atoms with E-state index in [1.807, 2.05) is 25.1 Å². The Morgan fingerprint density at radius 3 is 2.90 bits per heavy atom. The molecular formula is C18H29NO2. The third-order valence-corrected chi connectivity index (χ3v) is 4.70. The van der Waals surface area contributed by atoms with E-state index in [9.17, 15) is 5.11 Å². The van der Waals surface area contributed by atoms with Gasteiger partial charge in [0.05, 0.1) is 13.2 Å². The SMILES string of the molecule is CCC1CCCC(NCC(O)c2cc(C)ccc2OC)C1. The predicted molar refractivity (Wildman–Crippen MR) is 86.7 cm³/mol. The number of aliphatic hydroxyl groups is 1. The summed E-state index contributed by atoms with van der Waals surface area (Å²) in [6.45, 7) is 4.91. The molecule has 1 aromatic rings. The van der Waals surface area contributed by atoms with Gasteiger partial charge < -0.3 is 15.2 Å². The first kappa shape index (κ1) is 16.3. The van der Waals surface area contributed by atoms with Crippen LogP contribution in [0.15, 0.2) is 18.2 Å². The van der Waals surface area contributed by atoms with Crippen molar-refractivity contribution >= 4 is 0 Å². The van der Waals surface area contributed by atoms with Crippen LogP contribution in [-0.2, 0) is 0 Å². The zero-order valence-corrected chi connectivity index (χ0v) is 13.6.